The van der Waals surface area contributed by atoms with Crippen molar-refractivity contribution >= 4 is 17.6 Å². The number of carboxylic acids is 1. The lowest BCUT2D eigenvalue weighted by atomic mass is 9.90. The summed E-state index contributed by atoms with van der Waals surface area (Å²) in [5, 5.41) is 12.0. The van der Waals surface area contributed by atoms with Crippen LogP contribution < -0.4 is 15.8 Å². The number of amides is 1. The molecule has 1 amide bonds. The molecule has 0 bridgehead atoms. The van der Waals surface area contributed by atoms with E-state index in [1.165, 1.54) is 4.57 Å². The number of nitrogens with zero attached hydrogens (tertiary/aromatic N) is 2. The number of fused-ring (bicyclic) bond motifs is 1. The lowest BCUT2D eigenvalue weighted by Crippen LogP contribution is -2.53. The van der Waals surface area contributed by atoms with Gasteiger partial charge >= 0.3 is 12.1 Å². The number of carbonyl (C=O) groups excluding carboxylic acids is 1. The highest BCUT2D eigenvalue weighted by Crippen LogP contribution is 2.35. The number of aryl methyl sites for hydroxylation is 2. The first kappa shape index (κ1) is 32.1. The molecule has 5 rings (SSSR count). The molecule has 0 saturated carbocycles. The van der Waals surface area contributed by atoms with E-state index in [2.05, 4.69) is 5.32 Å². The zero-order valence-corrected chi connectivity index (χ0v) is 24.6. The van der Waals surface area contributed by atoms with E-state index in [1.54, 1.807) is 19.2 Å². The van der Waals surface area contributed by atoms with Crippen LogP contribution in [0.2, 0.25) is 0 Å². The maximum absolute atomic E-state index is 15.1. The number of carbonyl (C=O) groups is 2. The van der Waals surface area contributed by atoms with Crippen molar-refractivity contribution in [3.8, 4) is 11.1 Å². The average molecular weight is 636 g/mol. The largest absolute Gasteiger partial charge is 0.480 e. The summed E-state index contributed by atoms with van der Waals surface area (Å²) >= 11 is 0. The van der Waals surface area contributed by atoms with Crippen LogP contribution in [-0.4, -0.2) is 59.6 Å². The molecule has 2 N–H and O–H groups in total. The molecule has 45 heavy (non-hydrogen) atoms. The second-order valence-electron chi connectivity index (χ2n) is 11.1. The Balaban J connectivity index is 1.41. The monoisotopic (exact) mass is 635 g/mol. The average Bonchev–Trinajstić information content (AvgIpc) is 3.46. The maximum Gasteiger partial charge on any atom is 0.411 e. The van der Waals surface area contributed by atoms with Gasteiger partial charge in [0.05, 0.1) is 32.0 Å². The van der Waals surface area contributed by atoms with Crippen molar-refractivity contribution in [3.63, 3.8) is 0 Å². The Morgan fingerprint density at radius 2 is 1.73 bits per heavy atom. The maximum atomic E-state index is 15.1. The quantitative estimate of drug-likeness (QED) is 0.375. The van der Waals surface area contributed by atoms with Gasteiger partial charge < -0.3 is 29.4 Å². The van der Waals surface area contributed by atoms with Crippen molar-refractivity contribution in [2.45, 2.75) is 51.7 Å². The van der Waals surface area contributed by atoms with Crippen molar-refractivity contribution in [2.75, 3.05) is 24.7 Å². The molecule has 0 spiro atoms. The van der Waals surface area contributed by atoms with Crippen LogP contribution in [0, 0.1) is 25.5 Å². The van der Waals surface area contributed by atoms with Crippen LogP contribution in [0.25, 0.3) is 11.1 Å². The van der Waals surface area contributed by atoms with E-state index in [9.17, 15) is 32.7 Å². The summed E-state index contributed by atoms with van der Waals surface area (Å²) < 4.78 is 82.7. The van der Waals surface area contributed by atoms with E-state index in [0.29, 0.717) is 39.9 Å². The molecule has 3 heterocycles. The van der Waals surface area contributed by atoms with E-state index >= 15 is 8.78 Å². The summed E-state index contributed by atoms with van der Waals surface area (Å²) in [6.07, 6.45) is -5.02. The summed E-state index contributed by atoms with van der Waals surface area (Å²) in [5.41, 5.74) is 2.70. The van der Waals surface area contributed by atoms with Crippen LogP contribution in [0.5, 0.6) is 0 Å². The van der Waals surface area contributed by atoms with Gasteiger partial charge in [-0.05, 0) is 59.9 Å². The predicted octanol–water partition coefficient (Wildman–Crippen LogP) is 4.17. The summed E-state index contributed by atoms with van der Waals surface area (Å²) in [6.45, 7) is 2.79. The number of rotatable bonds is 7. The first-order valence-electron chi connectivity index (χ1n) is 14.0. The standard InChI is InChI=1S/C31H30F5N3O6/c1-15-8-16(2)38(3)29(41)26(15)19-5-4-17(20-12-45-13-21(19)20)9-24(30(42)43)37-28(40)27-22(32)10-18(11-23(27)33)39-6-7-44-14-25(39)31(34,35)36/h4-5,8,10-11,24-25H,6-7,9,12-14H2,1-3H3,(H,37,40)(H,42,43). The molecule has 9 nitrogen and oxygen atoms in total. The smallest absolute Gasteiger partial charge is 0.411 e. The van der Waals surface area contributed by atoms with Crippen LogP contribution in [0.15, 0.2) is 35.1 Å². The molecule has 1 saturated heterocycles. The number of nitrogens with one attached hydrogen (secondary N) is 1. The van der Waals surface area contributed by atoms with Crippen LogP contribution in [0.3, 0.4) is 0 Å². The number of pyridine rings is 1. The molecule has 3 aromatic rings. The number of aromatic nitrogens is 1. The van der Waals surface area contributed by atoms with Gasteiger partial charge in [-0.2, -0.15) is 13.2 Å². The molecule has 2 aromatic carbocycles. The van der Waals surface area contributed by atoms with E-state index in [4.69, 9.17) is 9.47 Å². The molecule has 0 aliphatic carbocycles. The molecule has 1 fully saturated rings. The Kier molecular flexibility index (Phi) is 8.73. The molecule has 0 radical (unpaired) electrons. The molecule has 2 atom stereocenters. The molecule has 2 unspecified atom stereocenters. The number of hydrogen-bond acceptors (Lipinski definition) is 6. The van der Waals surface area contributed by atoms with E-state index in [1.807, 2.05) is 19.9 Å². The Morgan fingerprint density at radius 3 is 2.38 bits per heavy atom. The summed E-state index contributed by atoms with van der Waals surface area (Å²) in [6, 6.07) is 2.63. The number of hydrogen-bond donors (Lipinski definition) is 2. The highest BCUT2D eigenvalue weighted by molar-refractivity contribution is 5.97. The van der Waals surface area contributed by atoms with E-state index in [0.717, 1.165) is 16.2 Å². The van der Waals surface area contributed by atoms with Gasteiger partial charge in [-0.3, -0.25) is 9.59 Å². The van der Waals surface area contributed by atoms with Crippen molar-refractivity contribution in [1.29, 1.82) is 0 Å². The molecule has 1 aromatic heterocycles. The summed E-state index contributed by atoms with van der Waals surface area (Å²) in [5.74, 6) is -5.77. The lowest BCUT2D eigenvalue weighted by molar-refractivity contribution is -0.167. The first-order valence-corrected chi connectivity index (χ1v) is 14.0. The van der Waals surface area contributed by atoms with Gasteiger partial charge in [-0.15, -0.1) is 0 Å². The number of ether oxygens (including phenoxy) is 2. The van der Waals surface area contributed by atoms with Crippen molar-refractivity contribution in [2.24, 2.45) is 7.05 Å². The number of carboxylic acid groups (broad SMARTS) is 1. The number of morpholine rings is 1. The van der Waals surface area contributed by atoms with Gasteiger partial charge in [0, 0.05) is 31.4 Å². The van der Waals surface area contributed by atoms with Gasteiger partial charge in [-0.1, -0.05) is 12.1 Å². The van der Waals surface area contributed by atoms with Gasteiger partial charge in [0.25, 0.3) is 11.5 Å². The third-order valence-electron chi connectivity index (χ3n) is 8.28. The van der Waals surface area contributed by atoms with Crippen molar-refractivity contribution < 1.29 is 46.1 Å². The van der Waals surface area contributed by atoms with Gasteiger partial charge in [0.15, 0.2) is 0 Å². The van der Waals surface area contributed by atoms with Gasteiger partial charge in [0.2, 0.25) is 0 Å². The SMILES string of the molecule is Cc1cc(C)n(C)c(=O)c1-c1ccc(CC(NC(=O)c2c(F)cc(N3CCOCC3C(F)(F)F)cc2F)C(=O)O)c2c1COC2. The van der Waals surface area contributed by atoms with Crippen LogP contribution in [0.1, 0.15) is 38.3 Å². The van der Waals surface area contributed by atoms with Crippen LogP contribution >= 0.6 is 0 Å². The molecule has 240 valence electrons. The third kappa shape index (κ3) is 6.16. The fraction of sp³-hybridized carbons (Fsp3) is 0.387. The number of alkyl halides is 3. The Bertz CT molecular complexity index is 1720. The molecule has 2 aliphatic heterocycles. The van der Waals surface area contributed by atoms with Crippen LogP contribution in [0.4, 0.5) is 27.6 Å². The highest BCUT2D eigenvalue weighted by Gasteiger charge is 2.46. The Morgan fingerprint density at radius 1 is 1.07 bits per heavy atom. The zero-order valence-electron chi connectivity index (χ0n) is 24.6. The third-order valence-corrected chi connectivity index (χ3v) is 8.28. The minimum atomic E-state index is -4.74. The number of aliphatic carboxylic acids is 1. The molecule has 14 heteroatoms. The number of anilines is 1. The normalized spacial score (nSPS) is 17.2. The lowest BCUT2D eigenvalue weighted by Gasteiger charge is -2.38. The fourth-order valence-electron chi connectivity index (χ4n) is 5.85. The highest BCUT2D eigenvalue weighted by atomic mass is 19.4. The minimum absolute atomic E-state index is 0.102. The fourth-order valence-corrected chi connectivity index (χ4v) is 5.85. The summed E-state index contributed by atoms with van der Waals surface area (Å²) in [7, 11) is 1.66. The predicted molar refractivity (Wildman–Crippen MR) is 152 cm³/mol. The second kappa shape index (κ2) is 12.2. The molecular formula is C31H30F5N3O6. The van der Waals surface area contributed by atoms with Gasteiger partial charge in [0.1, 0.15) is 29.3 Å². The van der Waals surface area contributed by atoms with E-state index < -0.39 is 59.6 Å². The van der Waals surface area contributed by atoms with Crippen molar-refractivity contribution in [3.05, 3.63) is 85.8 Å². The zero-order chi connectivity index (χ0) is 32.8. The number of halogens is 5. The second-order valence-corrected chi connectivity index (χ2v) is 11.1. The topological polar surface area (TPSA) is 110 Å². The van der Waals surface area contributed by atoms with Crippen LogP contribution in [-0.2, 0) is 41.0 Å². The van der Waals surface area contributed by atoms with E-state index in [-0.39, 0.29) is 38.3 Å². The molecular weight excluding hydrogens is 605 g/mol. The minimum Gasteiger partial charge on any atom is -0.480 e. The van der Waals surface area contributed by atoms with Gasteiger partial charge in [-0.25, -0.2) is 13.6 Å². The summed E-state index contributed by atoms with van der Waals surface area (Å²) in [4.78, 5) is 39.0. The number of benzene rings is 2. The van der Waals surface area contributed by atoms with Crippen molar-refractivity contribution in [1.82, 2.24) is 9.88 Å². The molecule has 2 aliphatic rings. The Hall–Kier alpha value is -4.30. The Labute approximate surface area is 254 Å². The first-order chi connectivity index (χ1) is 21.2.